The third-order valence-corrected chi connectivity index (χ3v) is 6.39. The first-order valence-corrected chi connectivity index (χ1v) is 10.9. The molecule has 3 aromatic rings. The zero-order valence-corrected chi connectivity index (χ0v) is 17.3. The van der Waals surface area contributed by atoms with Crippen molar-refractivity contribution < 1.29 is 9.21 Å². The molecule has 2 aliphatic rings. The van der Waals surface area contributed by atoms with E-state index in [1.165, 1.54) is 21.3 Å². The maximum absolute atomic E-state index is 12.7. The van der Waals surface area contributed by atoms with Gasteiger partial charge in [-0.3, -0.25) is 9.36 Å². The fourth-order valence-electron chi connectivity index (χ4n) is 4.75. The summed E-state index contributed by atoms with van der Waals surface area (Å²) >= 11 is 0. The summed E-state index contributed by atoms with van der Waals surface area (Å²) < 4.78 is 6.86. The summed E-state index contributed by atoms with van der Waals surface area (Å²) in [5.41, 5.74) is 6.11. The van der Waals surface area contributed by atoms with Crippen molar-refractivity contribution >= 4 is 22.7 Å². The summed E-state index contributed by atoms with van der Waals surface area (Å²) in [6.45, 7) is 3.69. The van der Waals surface area contributed by atoms with E-state index in [0.717, 1.165) is 50.9 Å². The third-order valence-electron chi connectivity index (χ3n) is 6.39. The molecule has 1 amide bonds. The first-order valence-electron chi connectivity index (χ1n) is 10.9. The van der Waals surface area contributed by atoms with Crippen molar-refractivity contribution in [1.29, 1.82) is 0 Å². The quantitative estimate of drug-likeness (QED) is 0.712. The second-order valence-electron chi connectivity index (χ2n) is 8.52. The number of hydrogen-bond donors (Lipinski definition) is 1. The van der Waals surface area contributed by atoms with Crippen molar-refractivity contribution in [3.8, 4) is 0 Å². The van der Waals surface area contributed by atoms with Gasteiger partial charge in [0.2, 0.25) is 5.91 Å². The van der Waals surface area contributed by atoms with Crippen LogP contribution in [-0.4, -0.2) is 28.5 Å². The molecule has 30 heavy (non-hydrogen) atoms. The molecule has 2 heterocycles. The molecular formula is C24H27N3O3. The minimum absolute atomic E-state index is 0.0157. The summed E-state index contributed by atoms with van der Waals surface area (Å²) in [6.07, 6.45) is 5.34. The second kappa shape index (κ2) is 7.67. The molecule has 1 aliphatic carbocycles. The van der Waals surface area contributed by atoms with Gasteiger partial charge in [-0.25, -0.2) is 4.79 Å². The Balaban J connectivity index is 1.41. The first kappa shape index (κ1) is 19.0. The summed E-state index contributed by atoms with van der Waals surface area (Å²) in [5.74, 6) is -0.493. The summed E-state index contributed by atoms with van der Waals surface area (Å²) in [4.78, 5) is 27.0. The lowest BCUT2D eigenvalue weighted by atomic mass is 10.0. The Labute approximate surface area is 175 Å². The number of amides is 1. The van der Waals surface area contributed by atoms with E-state index in [2.05, 4.69) is 30.4 Å². The summed E-state index contributed by atoms with van der Waals surface area (Å²) in [5, 5.41) is 3.62. The Hall–Kier alpha value is -3.02. The lowest BCUT2D eigenvalue weighted by molar-refractivity contribution is -0.132. The number of carbonyl (C=O) groups excluding carboxylic acids is 1. The summed E-state index contributed by atoms with van der Waals surface area (Å²) in [6, 6.07) is 12.6. The van der Waals surface area contributed by atoms with Gasteiger partial charge in [-0.2, -0.15) is 0 Å². The number of nitrogens with one attached hydrogen (secondary N) is 1. The Bertz CT molecular complexity index is 1150. The molecule has 0 bridgehead atoms. The lowest BCUT2D eigenvalue weighted by Gasteiger charge is -2.26. The van der Waals surface area contributed by atoms with Crippen LogP contribution in [-0.2, 0) is 17.8 Å². The minimum Gasteiger partial charge on any atom is -0.408 e. The fraction of sp³-hybridized carbons (Fsp3) is 0.417. The molecule has 1 atom stereocenters. The Morgan fingerprint density at radius 2 is 1.97 bits per heavy atom. The first-order chi connectivity index (χ1) is 14.6. The fourth-order valence-corrected chi connectivity index (χ4v) is 4.75. The average molecular weight is 405 g/mol. The number of rotatable bonds is 4. The van der Waals surface area contributed by atoms with Crippen molar-refractivity contribution in [2.24, 2.45) is 0 Å². The van der Waals surface area contributed by atoms with Gasteiger partial charge in [0.15, 0.2) is 5.58 Å². The van der Waals surface area contributed by atoms with Gasteiger partial charge in [-0.05, 0) is 68.4 Å². The Kier molecular flexibility index (Phi) is 4.85. The van der Waals surface area contributed by atoms with Crippen LogP contribution in [0.4, 0.5) is 5.69 Å². The zero-order chi connectivity index (χ0) is 20.7. The van der Waals surface area contributed by atoms with E-state index < -0.39 is 5.76 Å². The van der Waals surface area contributed by atoms with Gasteiger partial charge in [0.05, 0.1) is 11.6 Å². The monoisotopic (exact) mass is 405 g/mol. The number of aromatic nitrogens is 1. The molecular weight excluding hydrogens is 378 g/mol. The molecule has 1 aliphatic heterocycles. The number of aryl methyl sites for hydroxylation is 2. The van der Waals surface area contributed by atoms with Gasteiger partial charge in [0, 0.05) is 18.8 Å². The number of anilines is 1. The van der Waals surface area contributed by atoms with Gasteiger partial charge in [0.25, 0.3) is 0 Å². The van der Waals surface area contributed by atoms with Crippen molar-refractivity contribution in [2.45, 2.75) is 51.6 Å². The highest BCUT2D eigenvalue weighted by atomic mass is 16.4. The van der Waals surface area contributed by atoms with Gasteiger partial charge >= 0.3 is 5.76 Å². The van der Waals surface area contributed by atoms with E-state index >= 15 is 0 Å². The molecule has 0 saturated carbocycles. The van der Waals surface area contributed by atoms with Crippen molar-refractivity contribution in [1.82, 2.24) is 9.47 Å². The number of piperidine rings is 1. The molecule has 156 valence electrons. The molecule has 6 nitrogen and oxygen atoms in total. The van der Waals surface area contributed by atoms with E-state index in [9.17, 15) is 9.59 Å². The molecule has 2 aromatic carbocycles. The average Bonchev–Trinajstić information content (AvgIpc) is 3.29. The Morgan fingerprint density at radius 1 is 1.13 bits per heavy atom. The highest BCUT2D eigenvalue weighted by Crippen LogP contribution is 2.35. The minimum atomic E-state index is -0.477. The van der Waals surface area contributed by atoms with Gasteiger partial charge in [0.1, 0.15) is 6.54 Å². The predicted molar refractivity (Wildman–Crippen MR) is 117 cm³/mol. The van der Waals surface area contributed by atoms with E-state index in [1.807, 2.05) is 23.1 Å². The number of hydrogen-bond acceptors (Lipinski definition) is 4. The van der Waals surface area contributed by atoms with Crippen molar-refractivity contribution in [2.75, 3.05) is 18.4 Å². The predicted octanol–water partition coefficient (Wildman–Crippen LogP) is 4.01. The maximum atomic E-state index is 12.7. The molecule has 0 spiro atoms. The van der Waals surface area contributed by atoms with Crippen LogP contribution in [0.2, 0.25) is 0 Å². The van der Waals surface area contributed by atoms with Gasteiger partial charge in [-0.1, -0.05) is 23.8 Å². The SMILES string of the molecule is Cc1ccc2c(c1)C(Nc1ccc3oc(=O)n(CC(=O)N4CCCCC4)c3c1)CC2. The second-order valence-corrected chi connectivity index (χ2v) is 8.52. The van der Waals surface area contributed by atoms with Crippen LogP contribution in [0.5, 0.6) is 0 Å². The smallest absolute Gasteiger partial charge is 0.408 e. The van der Waals surface area contributed by atoms with E-state index in [4.69, 9.17) is 4.42 Å². The van der Waals surface area contributed by atoms with Crippen LogP contribution in [0.25, 0.3) is 11.1 Å². The largest absolute Gasteiger partial charge is 0.420 e. The standard InChI is InChI=1S/C24H27N3O3/c1-16-5-6-17-7-9-20(19(17)13-16)25-18-8-10-22-21(14-18)27(24(29)30-22)15-23(28)26-11-3-2-4-12-26/h5-6,8,10,13-14,20,25H,2-4,7,9,11-12,15H2,1H3. The maximum Gasteiger partial charge on any atom is 0.420 e. The van der Waals surface area contributed by atoms with E-state index in [1.54, 1.807) is 0 Å². The highest BCUT2D eigenvalue weighted by molar-refractivity contribution is 5.81. The van der Waals surface area contributed by atoms with Crippen molar-refractivity contribution in [3.63, 3.8) is 0 Å². The topological polar surface area (TPSA) is 67.5 Å². The molecule has 1 aromatic heterocycles. The van der Waals surface area contributed by atoms with Gasteiger partial charge < -0.3 is 14.6 Å². The summed E-state index contributed by atoms with van der Waals surface area (Å²) in [7, 11) is 0. The van der Waals surface area contributed by atoms with Crippen molar-refractivity contribution in [3.05, 3.63) is 63.6 Å². The molecule has 1 unspecified atom stereocenters. The highest BCUT2D eigenvalue weighted by Gasteiger charge is 2.23. The normalized spacial score (nSPS) is 18.6. The van der Waals surface area contributed by atoms with E-state index in [-0.39, 0.29) is 18.5 Å². The number of fused-ring (bicyclic) bond motifs is 2. The van der Waals surface area contributed by atoms with Crippen LogP contribution < -0.4 is 11.1 Å². The molecule has 1 fully saturated rings. The van der Waals surface area contributed by atoms with Crippen LogP contribution in [0, 0.1) is 6.92 Å². The zero-order valence-electron chi connectivity index (χ0n) is 17.3. The third kappa shape index (κ3) is 3.51. The number of oxazole rings is 1. The molecule has 1 N–H and O–H groups in total. The van der Waals surface area contributed by atoms with E-state index in [0.29, 0.717) is 11.1 Å². The van der Waals surface area contributed by atoms with Crippen LogP contribution >= 0.6 is 0 Å². The molecule has 5 rings (SSSR count). The molecule has 6 heteroatoms. The molecule has 0 radical (unpaired) electrons. The Morgan fingerprint density at radius 3 is 2.80 bits per heavy atom. The molecule has 1 saturated heterocycles. The number of likely N-dealkylation sites (tertiary alicyclic amines) is 1. The van der Waals surface area contributed by atoms with Gasteiger partial charge in [-0.15, -0.1) is 0 Å². The van der Waals surface area contributed by atoms with Crippen LogP contribution in [0.3, 0.4) is 0 Å². The number of nitrogens with zero attached hydrogens (tertiary/aromatic N) is 2. The number of benzene rings is 2. The van der Waals surface area contributed by atoms with Crippen LogP contribution in [0.15, 0.2) is 45.6 Å². The lowest BCUT2D eigenvalue weighted by Crippen LogP contribution is -2.39. The van der Waals surface area contributed by atoms with Crippen LogP contribution in [0.1, 0.15) is 48.4 Å². The number of carbonyl (C=O) groups is 1.